The molecule has 0 spiro atoms. The molecule has 6 aromatic carbocycles. The Kier molecular flexibility index (Phi) is 1.66. The molecular formula is C22H9NO2. The molecule has 0 aliphatic rings. The molecule has 0 saturated carbocycles. The summed E-state index contributed by atoms with van der Waals surface area (Å²) in [5.74, 6) is 0. The van der Waals surface area contributed by atoms with Crippen LogP contribution in [-0.4, -0.2) is 4.98 Å². The molecule has 0 atom stereocenters. The minimum absolute atomic E-state index is 0.304. The van der Waals surface area contributed by atoms with Crippen molar-refractivity contribution in [3.63, 3.8) is 0 Å². The summed E-state index contributed by atoms with van der Waals surface area (Å²) in [6.07, 6.45) is 0. The lowest BCUT2D eigenvalue weighted by atomic mass is 9.94. The molecule has 0 radical (unpaired) electrons. The third kappa shape index (κ3) is 1.12. The monoisotopic (exact) mass is 319 g/mol. The van der Waals surface area contributed by atoms with E-state index in [-0.39, 0.29) is 11.1 Å². The number of hydrogen-bond donors (Lipinski definition) is 1. The van der Waals surface area contributed by atoms with E-state index < -0.39 is 0 Å². The van der Waals surface area contributed by atoms with Gasteiger partial charge in [0.2, 0.25) is 0 Å². The van der Waals surface area contributed by atoms with Crippen molar-refractivity contribution in [1.29, 1.82) is 0 Å². The average molecular weight is 319 g/mol. The van der Waals surface area contributed by atoms with Crippen LogP contribution in [0.2, 0.25) is 0 Å². The van der Waals surface area contributed by atoms with E-state index in [1.807, 2.05) is 12.1 Å². The molecule has 1 heterocycles. The van der Waals surface area contributed by atoms with Gasteiger partial charge < -0.3 is 0 Å². The minimum Gasteiger partial charge on any atom is -0.288 e. The fourth-order valence-electron chi connectivity index (χ4n) is 4.89. The van der Waals surface area contributed by atoms with Crippen molar-refractivity contribution < 1.29 is 0 Å². The van der Waals surface area contributed by atoms with Crippen LogP contribution in [0.5, 0.6) is 0 Å². The van der Waals surface area contributed by atoms with E-state index >= 15 is 0 Å². The Balaban J connectivity index is 2.12. The van der Waals surface area contributed by atoms with Gasteiger partial charge >= 0.3 is 0 Å². The molecule has 0 aliphatic carbocycles. The summed E-state index contributed by atoms with van der Waals surface area (Å²) >= 11 is 0. The Morgan fingerprint density at radius 3 is 1.36 bits per heavy atom. The summed E-state index contributed by atoms with van der Waals surface area (Å²) in [4.78, 5) is 27.4. The standard InChI is InChI=1S/C22H9NO2/c24-21-13-7-11-5-3-9-1-2-10-4-6-12-8-14(22(25)23-21)19(13)20-17(11)15(9)16(10)18(12)20/h1-8H,(H,23,24,25). The highest BCUT2D eigenvalue weighted by Crippen LogP contribution is 2.49. The van der Waals surface area contributed by atoms with Crippen molar-refractivity contribution >= 4 is 64.6 Å². The zero-order valence-electron chi connectivity index (χ0n) is 12.9. The molecule has 0 fully saturated rings. The predicted molar refractivity (Wildman–Crippen MR) is 103 cm³/mol. The van der Waals surface area contributed by atoms with Gasteiger partial charge in [0, 0.05) is 21.5 Å². The molecule has 3 nitrogen and oxygen atoms in total. The van der Waals surface area contributed by atoms with Crippen LogP contribution < -0.4 is 11.1 Å². The van der Waals surface area contributed by atoms with Crippen molar-refractivity contribution in [2.24, 2.45) is 0 Å². The average Bonchev–Trinajstić information content (AvgIpc) is 2.99. The maximum absolute atomic E-state index is 12.5. The van der Waals surface area contributed by atoms with Crippen LogP contribution in [0.15, 0.2) is 58.1 Å². The maximum atomic E-state index is 12.5. The van der Waals surface area contributed by atoms with Crippen molar-refractivity contribution in [3.8, 4) is 0 Å². The summed E-state index contributed by atoms with van der Waals surface area (Å²) in [6, 6.07) is 16.6. The van der Waals surface area contributed by atoms with E-state index in [0.717, 1.165) is 21.5 Å². The number of benzene rings is 5. The first-order valence-electron chi connectivity index (χ1n) is 8.29. The highest BCUT2D eigenvalue weighted by Gasteiger charge is 2.23. The summed E-state index contributed by atoms with van der Waals surface area (Å²) in [7, 11) is 0. The summed E-state index contributed by atoms with van der Waals surface area (Å²) in [5.41, 5.74) is -0.607. The molecule has 3 heteroatoms. The van der Waals surface area contributed by atoms with Crippen LogP contribution >= 0.6 is 0 Å². The predicted octanol–water partition coefficient (Wildman–Crippen LogP) is 4.41. The van der Waals surface area contributed by atoms with E-state index in [1.54, 1.807) is 0 Å². The van der Waals surface area contributed by atoms with Gasteiger partial charge in [0.05, 0.1) is 0 Å². The van der Waals surface area contributed by atoms with Gasteiger partial charge in [0.1, 0.15) is 0 Å². The first-order chi connectivity index (χ1) is 12.2. The van der Waals surface area contributed by atoms with Crippen LogP contribution in [-0.2, 0) is 0 Å². The van der Waals surface area contributed by atoms with E-state index in [9.17, 15) is 9.59 Å². The third-order valence-corrected chi connectivity index (χ3v) is 5.84. The van der Waals surface area contributed by atoms with Crippen molar-refractivity contribution in [3.05, 3.63) is 69.2 Å². The molecule has 0 aliphatic heterocycles. The van der Waals surface area contributed by atoms with E-state index in [2.05, 4.69) is 41.4 Å². The van der Waals surface area contributed by atoms with Crippen molar-refractivity contribution in [2.75, 3.05) is 0 Å². The van der Waals surface area contributed by atoms with Gasteiger partial charge in [-0.2, -0.15) is 0 Å². The molecule has 0 unspecified atom stereocenters. The molecule has 0 amide bonds. The number of H-pyrrole nitrogens is 1. The Bertz CT molecular complexity index is 1600. The fourth-order valence-corrected chi connectivity index (χ4v) is 4.89. The van der Waals surface area contributed by atoms with Gasteiger partial charge in [-0.1, -0.05) is 36.4 Å². The summed E-state index contributed by atoms with van der Waals surface area (Å²) < 4.78 is 0. The molecule has 114 valence electrons. The Hall–Kier alpha value is -3.46. The molecule has 0 saturated heterocycles. The van der Waals surface area contributed by atoms with Crippen molar-refractivity contribution in [1.82, 2.24) is 4.98 Å². The van der Waals surface area contributed by atoms with E-state index in [0.29, 0.717) is 10.8 Å². The number of pyridine rings is 1. The van der Waals surface area contributed by atoms with E-state index in [1.165, 1.54) is 32.3 Å². The quantitative estimate of drug-likeness (QED) is 0.332. The molecule has 1 aromatic heterocycles. The lowest BCUT2D eigenvalue weighted by Gasteiger charge is -2.09. The van der Waals surface area contributed by atoms with E-state index in [4.69, 9.17) is 0 Å². The van der Waals surface area contributed by atoms with Gasteiger partial charge in [0.15, 0.2) is 0 Å². The first kappa shape index (κ1) is 12.0. The van der Waals surface area contributed by atoms with Gasteiger partial charge in [0.25, 0.3) is 11.1 Å². The van der Waals surface area contributed by atoms with Crippen LogP contribution in [0.1, 0.15) is 0 Å². The second-order valence-corrected chi connectivity index (χ2v) is 6.97. The molecule has 7 aromatic rings. The Morgan fingerprint density at radius 2 is 0.880 bits per heavy atom. The highest BCUT2D eigenvalue weighted by atomic mass is 16.2. The Labute approximate surface area is 139 Å². The van der Waals surface area contributed by atoms with Gasteiger partial charge in [-0.25, -0.2) is 0 Å². The molecular weight excluding hydrogens is 310 g/mol. The van der Waals surface area contributed by atoms with Gasteiger partial charge in [-0.15, -0.1) is 0 Å². The van der Waals surface area contributed by atoms with Gasteiger partial charge in [-0.3, -0.25) is 14.6 Å². The van der Waals surface area contributed by atoms with Gasteiger partial charge in [-0.05, 0) is 55.2 Å². The van der Waals surface area contributed by atoms with Crippen molar-refractivity contribution in [2.45, 2.75) is 0 Å². The topological polar surface area (TPSA) is 49.9 Å². The lowest BCUT2D eigenvalue weighted by molar-refractivity contribution is 1.22. The number of aromatic amines is 1. The molecule has 7 rings (SSSR count). The lowest BCUT2D eigenvalue weighted by Crippen LogP contribution is -2.19. The number of aromatic nitrogens is 1. The normalized spacial score (nSPS) is 13.1. The SMILES string of the molecule is O=c1[nH]c(=O)c2cc3ccc4ccc5ccc6cc1c2c1c6c5c4c31. The van der Waals surface area contributed by atoms with Crippen LogP contribution in [0.4, 0.5) is 0 Å². The minimum atomic E-state index is -0.304. The zero-order chi connectivity index (χ0) is 16.4. The smallest absolute Gasteiger partial charge is 0.258 e. The Morgan fingerprint density at radius 1 is 0.480 bits per heavy atom. The largest absolute Gasteiger partial charge is 0.288 e. The fraction of sp³-hybridized carbons (Fsp3) is 0. The molecule has 25 heavy (non-hydrogen) atoms. The number of hydrogen-bond acceptors (Lipinski definition) is 2. The second-order valence-electron chi connectivity index (χ2n) is 6.97. The first-order valence-corrected chi connectivity index (χ1v) is 8.29. The number of nitrogens with one attached hydrogen (secondary N) is 1. The summed E-state index contributed by atoms with van der Waals surface area (Å²) in [5, 5.41) is 12.4. The number of rotatable bonds is 0. The maximum Gasteiger partial charge on any atom is 0.258 e. The summed E-state index contributed by atoms with van der Waals surface area (Å²) in [6.45, 7) is 0. The molecule has 0 bridgehead atoms. The third-order valence-electron chi connectivity index (χ3n) is 5.84. The van der Waals surface area contributed by atoms with Crippen LogP contribution in [0, 0.1) is 0 Å². The molecule has 1 N–H and O–H groups in total. The highest BCUT2D eigenvalue weighted by molar-refractivity contribution is 6.47. The zero-order valence-corrected chi connectivity index (χ0v) is 12.9. The van der Waals surface area contributed by atoms with Crippen LogP contribution in [0.25, 0.3) is 64.6 Å². The van der Waals surface area contributed by atoms with Crippen LogP contribution in [0.3, 0.4) is 0 Å². The second kappa shape index (κ2) is 3.47.